The van der Waals surface area contributed by atoms with Crippen molar-refractivity contribution in [2.75, 3.05) is 0 Å². The third-order valence-electron chi connectivity index (χ3n) is 4.29. The number of hydrogen-bond acceptors (Lipinski definition) is 4. The Labute approximate surface area is 145 Å². The van der Waals surface area contributed by atoms with E-state index in [0.29, 0.717) is 18.0 Å². The maximum atomic E-state index is 12.8. The number of carbonyl (C=O) groups is 1. The third kappa shape index (κ3) is 3.06. The number of nitrogens with one attached hydrogen (secondary N) is 1. The van der Waals surface area contributed by atoms with Gasteiger partial charge in [-0.3, -0.25) is 4.79 Å². The van der Waals surface area contributed by atoms with E-state index in [-0.39, 0.29) is 11.9 Å². The lowest BCUT2D eigenvalue weighted by molar-refractivity contribution is 0.0932. The van der Waals surface area contributed by atoms with Gasteiger partial charge in [0.05, 0.1) is 27.7 Å². The van der Waals surface area contributed by atoms with Crippen LogP contribution in [-0.2, 0) is 6.54 Å². The molecule has 0 aliphatic carbocycles. The topological polar surface area (TPSA) is 59.8 Å². The van der Waals surface area contributed by atoms with E-state index in [0.717, 1.165) is 21.6 Å². The van der Waals surface area contributed by atoms with Crippen molar-refractivity contribution in [1.29, 1.82) is 0 Å². The van der Waals surface area contributed by atoms with Crippen LogP contribution in [0, 0.1) is 5.92 Å². The fourth-order valence-corrected chi connectivity index (χ4v) is 3.15. The lowest BCUT2D eigenvalue weighted by Gasteiger charge is -2.18. The maximum absolute atomic E-state index is 12.8. The molecular weight excluding hydrogens is 320 g/mol. The number of hydrogen-bond donors (Lipinski definition) is 1. The molecule has 0 aromatic carbocycles. The minimum Gasteiger partial charge on any atom is -0.349 e. The monoisotopic (exact) mass is 342 g/mol. The number of amides is 1. The molecule has 0 fully saturated rings. The second-order valence-electron chi connectivity index (χ2n) is 6.24. The molecule has 3 heterocycles. The smallest absolute Gasteiger partial charge is 0.252 e. The summed E-state index contributed by atoms with van der Waals surface area (Å²) >= 11 is 1.62. The van der Waals surface area contributed by atoms with Gasteiger partial charge in [-0.05, 0) is 37.3 Å². The number of fused-ring (bicyclic) bond motifs is 1. The maximum Gasteiger partial charge on any atom is 0.252 e. The van der Waals surface area contributed by atoms with Crippen LogP contribution in [0.1, 0.15) is 38.1 Å². The van der Waals surface area contributed by atoms with E-state index in [1.54, 1.807) is 17.5 Å². The van der Waals surface area contributed by atoms with Gasteiger partial charge in [-0.25, -0.2) is 9.67 Å². The molecule has 1 atom stereocenters. The van der Waals surface area contributed by atoms with E-state index < -0.39 is 0 Å². The minimum atomic E-state index is -0.0722. The van der Waals surface area contributed by atoms with Gasteiger partial charge in [0, 0.05) is 12.6 Å². The predicted octanol–water partition coefficient (Wildman–Crippen LogP) is 3.95. The molecule has 1 unspecified atom stereocenters. The summed E-state index contributed by atoms with van der Waals surface area (Å²) in [5.74, 6) is 0.304. The molecule has 5 nitrogen and oxygen atoms in total. The van der Waals surface area contributed by atoms with Gasteiger partial charge in [0.1, 0.15) is 0 Å². The van der Waals surface area contributed by atoms with E-state index in [1.165, 1.54) is 0 Å². The van der Waals surface area contributed by atoms with E-state index >= 15 is 0 Å². The van der Waals surface area contributed by atoms with Gasteiger partial charge in [0.25, 0.3) is 5.91 Å². The molecule has 0 saturated carbocycles. The van der Waals surface area contributed by atoms with Crippen molar-refractivity contribution in [3.63, 3.8) is 0 Å². The average molecular weight is 342 g/mol. The molecule has 0 spiro atoms. The molecule has 126 valence electrons. The molecule has 0 radical (unpaired) electrons. The molecule has 0 saturated heterocycles. The summed E-state index contributed by atoms with van der Waals surface area (Å²) in [6, 6.07) is 5.98. The van der Waals surface area contributed by atoms with Crippen LogP contribution in [0.2, 0.25) is 0 Å². The average Bonchev–Trinajstić information content (AvgIpc) is 3.22. The molecule has 0 aliphatic heterocycles. The zero-order valence-corrected chi connectivity index (χ0v) is 15.2. The van der Waals surface area contributed by atoms with Crippen molar-refractivity contribution in [1.82, 2.24) is 20.1 Å². The quantitative estimate of drug-likeness (QED) is 0.763. The summed E-state index contributed by atoms with van der Waals surface area (Å²) in [5.41, 5.74) is 2.20. The van der Waals surface area contributed by atoms with E-state index in [4.69, 9.17) is 4.98 Å². The van der Waals surface area contributed by atoms with Crippen LogP contribution in [0.3, 0.4) is 0 Å². The van der Waals surface area contributed by atoms with Gasteiger partial charge in [-0.1, -0.05) is 19.9 Å². The number of carbonyl (C=O) groups excluding carboxylic acids is 1. The predicted molar refractivity (Wildman–Crippen MR) is 98.3 cm³/mol. The zero-order chi connectivity index (χ0) is 17.3. The van der Waals surface area contributed by atoms with Crippen LogP contribution >= 0.6 is 11.3 Å². The van der Waals surface area contributed by atoms with Gasteiger partial charge in [-0.15, -0.1) is 11.3 Å². The Morgan fingerprint density at radius 1 is 1.38 bits per heavy atom. The Balaban J connectivity index is 2.11. The van der Waals surface area contributed by atoms with Crippen molar-refractivity contribution in [2.24, 2.45) is 5.92 Å². The fourth-order valence-electron chi connectivity index (χ4n) is 2.47. The molecule has 3 rings (SSSR count). The van der Waals surface area contributed by atoms with Gasteiger partial charge in [0.2, 0.25) is 0 Å². The largest absolute Gasteiger partial charge is 0.349 e. The minimum absolute atomic E-state index is 0.0722. The van der Waals surface area contributed by atoms with E-state index in [2.05, 4.69) is 24.3 Å². The summed E-state index contributed by atoms with van der Waals surface area (Å²) in [6.45, 7) is 8.95. The van der Waals surface area contributed by atoms with Crippen LogP contribution in [0.5, 0.6) is 0 Å². The number of aryl methyl sites for hydroxylation is 1. The molecule has 1 N–H and O–H groups in total. The molecule has 1 amide bonds. The lowest BCUT2D eigenvalue weighted by atomic mass is 10.0. The molecule has 6 heteroatoms. The van der Waals surface area contributed by atoms with Crippen molar-refractivity contribution in [3.8, 4) is 10.6 Å². The van der Waals surface area contributed by atoms with E-state index in [1.807, 2.05) is 42.1 Å². The Morgan fingerprint density at radius 3 is 2.79 bits per heavy atom. The standard InChI is InChI=1S/C18H22N4OS/c1-5-22-17-14(10-19-22)13(18(23)20-12(4)11(2)3)9-15(21-17)16-7-6-8-24-16/h6-12H,5H2,1-4H3,(H,20,23). The van der Waals surface area contributed by atoms with Crippen molar-refractivity contribution in [3.05, 3.63) is 35.3 Å². The summed E-state index contributed by atoms with van der Waals surface area (Å²) in [5, 5.41) is 10.3. The first-order chi connectivity index (χ1) is 11.5. The molecular formula is C18H22N4OS. The molecule has 0 bridgehead atoms. The number of aromatic nitrogens is 3. The van der Waals surface area contributed by atoms with Gasteiger partial charge < -0.3 is 5.32 Å². The van der Waals surface area contributed by atoms with Gasteiger partial charge in [-0.2, -0.15) is 5.10 Å². The highest BCUT2D eigenvalue weighted by Gasteiger charge is 2.19. The summed E-state index contributed by atoms with van der Waals surface area (Å²) in [7, 11) is 0. The number of rotatable bonds is 5. The number of pyridine rings is 1. The Bertz CT molecular complexity index is 851. The van der Waals surface area contributed by atoms with Crippen molar-refractivity contribution >= 4 is 28.3 Å². The summed E-state index contributed by atoms with van der Waals surface area (Å²) in [6.07, 6.45) is 1.74. The molecule has 0 aliphatic rings. The normalized spacial score (nSPS) is 12.7. The second-order valence-corrected chi connectivity index (χ2v) is 7.18. The zero-order valence-electron chi connectivity index (χ0n) is 14.4. The first-order valence-electron chi connectivity index (χ1n) is 8.22. The lowest BCUT2D eigenvalue weighted by Crippen LogP contribution is -2.36. The van der Waals surface area contributed by atoms with Crippen LogP contribution in [0.25, 0.3) is 21.6 Å². The Morgan fingerprint density at radius 2 is 2.17 bits per heavy atom. The summed E-state index contributed by atoms with van der Waals surface area (Å²) in [4.78, 5) is 18.6. The van der Waals surface area contributed by atoms with Gasteiger partial charge >= 0.3 is 0 Å². The van der Waals surface area contributed by atoms with Gasteiger partial charge in [0.15, 0.2) is 5.65 Å². The first-order valence-corrected chi connectivity index (χ1v) is 9.10. The SMILES string of the molecule is CCn1ncc2c(C(=O)NC(C)C(C)C)cc(-c3cccs3)nc21. The highest BCUT2D eigenvalue weighted by atomic mass is 32.1. The molecule has 3 aromatic heterocycles. The third-order valence-corrected chi connectivity index (χ3v) is 5.18. The highest BCUT2D eigenvalue weighted by molar-refractivity contribution is 7.13. The first kappa shape index (κ1) is 16.6. The Kier molecular flexibility index (Phi) is 4.66. The fraction of sp³-hybridized carbons (Fsp3) is 0.389. The Hall–Kier alpha value is -2.21. The van der Waals surface area contributed by atoms with Crippen molar-refractivity contribution in [2.45, 2.75) is 40.3 Å². The van der Waals surface area contributed by atoms with Crippen LogP contribution < -0.4 is 5.32 Å². The number of nitrogens with zero attached hydrogens (tertiary/aromatic N) is 3. The van der Waals surface area contributed by atoms with Crippen molar-refractivity contribution < 1.29 is 4.79 Å². The number of thiophene rings is 1. The highest BCUT2D eigenvalue weighted by Crippen LogP contribution is 2.28. The van der Waals surface area contributed by atoms with Crippen LogP contribution in [0.4, 0.5) is 0 Å². The van der Waals surface area contributed by atoms with E-state index in [9.17, 15) is 4.79 Å². The second kappa shape index (κ2) is 6.73. The van der Waals surface area contributed by atoms with Crippen LogP contribution in [-0.4, -0.2) is 26.7 Å². The molecule has 3 aromatic rings. The molecule has 24 heavy (non-hydrogen) atoms. The summed E-state index contributed by atoms with van der Waals surface area (Å²) < 4.78 is 1.83. The van der Waals surface area contributed by atoms with Crippen LogP contribution in [0.15, 0.2) is 29.8 Å².